The lowest BCUT2D eigenvalue weighted by Gasteiger charge is -2.34. The van der Waals surface area contributed by atoms with Gasteiger partial charge in [-0.3, -0.25) is 4.79 Å². The molecule has 126 valence electrons. The maximum Gasteiger partial charge on any atom is 0.261 e. The fourth-order valence-corrected chi connectivity index (χ4v) is 3.92. The number of thiophene rings is 1. The van der Waals surface area contributed by atoms with Crippen LogP contribution >= 0.6 is 11.3 Å². The third-order valence-corrected chi connectivity index (χ3v) is 5.90. The highest BCUT2D eigenvalue weighted by Crippen LogP contribution is 2.30. The van der Waals surface area contributed by atoms with Crippen LogP contribution in [0.2, 0.25) is 0 Å². The first-order valence-corrected chi connectivity index (χ1v) is 9.45. The largest absolute Gasteiger partial charge is 0.369 e. The van der Waals surface area contributed by atoms with Crippen LogP contribution < -0.4 is 10.2 Å². The predicted molar refractivity (Wildman–Crippen MR) is 100.0 cm³/mol. The van der Waals surface area contributed by atoms with Gasteiger partial charge in [-0.25, -0.2) is 0 Å². The number of nitrogens with one attached hydrogen (secondary N) is 1. The van der Waals surface area contributed by atoms with Crippen LogP contribution in [0.15, 0.2) is 36.4 Å². The number of nitrogens with zero attached hydrogens (tertiary/aromatic N) is 2. The summed E-state index contributed by atoms with van der Waals surface area (Å²) in [5.41, 5.74) is 2.47. The number of anilines is 1. The Hall–Kier alpha value is -1.85. The molecule has 1 saturated carbocycles. The van der Waals surface area contributed by atoms with E-state index in [1.165, 1.54) is 11.3 Å². The molecule has 4 nitrogen and oxygen atoms in total. The molecule has 24 heavy (non-hydrogen) atoms. The van der Waals surface area contributed by atoms with Crippen LogP contribution in [-0.2, 0) is 0 Å². The predicted octanol–water partition coefficient (Wildman–Crippen LogP) is 3.06. The lowest BCUT2D eigenvalue weighted by atomic mass is 10.1. The topological polar surface area (TPSA) is 35.6 Å². The molecule has 0 atom stereocenters. The summed E-state index contributed by atoms with van der Waals surface area (Å²) in [5.74, 6) is 0.0720. The van der Waals surface area contributed by atoms with E-state index in [9.17, 15) is 4.79 Å². The number of benzene rings is 1. The number of hydrogen-bond donors (Lipinski definition) is 1. The van der Waals surface area contributed by atoms with E-state index >= 15 is 0 Å². The van der Waals surface area contributed by atoms with Gasteiger partial charge in [0.15, 0.2) is 0 Å². The minimum absolute atomic E-state index is 0.0720. The zero-order valence-corrected chi connectivity index (χ0v) is 14.8. The molecule has 2 fully saturated rings. The highest BCUT2D eigenvalue weighted by molar-refractivity contribution is 7.17. The molecule has 0 unspecified atom stereocenters. The number of hydrogen-bond acceptors (Lipinski definition) is 4. The Morgan fingerprint density at radius 2 is 1.75 bits per heavy atom. The molecule has 1 N–H and O–H groups in total. The van der Waals surface area contributed by atoms with Crippen LogP contribution in [0.5, 0.6) is 0 Å². The van der Waals surface area contributed by atoms with Crippen LogP contribution in [0.25, 0.3) is 10.4 Å². The molecule has 1 amide bonds. The van der Waals surface area contributed by atoms with Gasteiger partial charge in [0.25, 0.3) is 5.91 Å². The SMILES string of the molecule is CN1CCN(c2ccc(-c3ccc(C(=O)NC4CC4)s3)cc2)CC1. The zero-order valence-electron chi connectivity index (χ0n) is 14.0. The fraction of sp³-hybridized carbons (Fsp3) is 0.421. The van der Waals surface area contributed by atoms with Gasteiger partial charge in [-0.1, -0.05) is 12.1 Å². The molecule has 5 heteroatoms. The minimum Gasteiger partial charge on any atom is -0.369 e. The first-order chi connectivity index (χ1) is 11.7. The standard InChI is InChI=1S/C19H23N3OS/c1-21-10-12-22(13-11-21)16-6-2-14(3-7-16)17-8-9-18(24-17)19(23)20-15-4-5-15/h2-3,6-9,15H,4-5,10-13H2,1H3,(H,20,23). The molecule has 1 aromatic heterocycles. The molecule has 2 aliphatic rings. The second kappa shape index (κ2) is 6.57. The molecule has 2 heterocycles. The third-order valence-electron chi connectivity index (χ3n) is 4.76. The first-order valence-electron chi connectivity index (χ1n) is 8.64. The highest BCUT2D eigenvalue weighted by Gasteiger charge is 2.24. The van der Waals surface area contributed by atoms with E-state index in [1.54, 1.807) is 11.3 Å². The maximum atomic E-state index is 12.1. The molecule has 0 bridgehead atoms. The quantitative estimate of drug-likeness (QED) is 0.928. The second-order valence-corrected chi connectivity index (χ2v) is 7.83. The van der Waals surface area contributed by atoms with Crippen LogP contribution in [0.4, 0.5) is 5.69 Å². The van der Waals surface area contributed by atoms with Crippen molar-refractivity contribution in [2.24, 2.45) is 0 Å². The fourth-order valence-electron chi connectivity index (χ4n) is 3.00. The smallest absolute Gasteiger partial charge is 0.261 e. The van der Waals surface area contributed by atoms with Crippen LogP contribution in [0, 0.1) is 0 Å². The average Bonchev–Trinajstić information content (AvgIpc) is 3.27. The zero-order chi connectivity index (χ0) is 16.5. The van der Waals surface area contributed by atoms with E-state index in [0.717, 1.165) is 48.8 Å². The summed E-state index contributed by atoms with van der Waals surface area (Å²) in [6.07, 6.45) is 2.25. The van der Waals surface area contributed by atoms with E-state index in [-0.39, 0.29) is 5.91 Å². The highest BCUT2D eigenvalue weighted by atomic mass is 32.1. The summed E-state index contributed by atoms with van der Waals surface area (Å²) in [4.78, 5) is 18.9. The second-order valence-electron chi connectivity index (χ2n) is 6.75. The van der Waals surface area contributed by atoms with Gasteiger partial charge in [-0.15, -0.1) is 11.3 Å². The molecule has 0 spiro atoms. The van der Waals surface area contributed by atoms with Crippen molar-refractivity contribution in [2.45, 2.75) is 18.9 Å². The molecule has 1 aliphatic heterocycles. The Kier molecular flexibility index (Phi) is 4.29. The Morgan fingerprint density at radius 1 is 1.04 bits per heavy atom. The van der Waals surface area contributed by atoms with E-state index in [2.05, 4.69) is 52.5 Å². The van der Waals surface area contributed by atoms with Gasteiger partial charge >= 0.3 is 0 Å². The summed E-state index contributed by atoms with van der Waals surface area (Å²) in [5, 5.41) is 3.05. The van der Waals surface area contributed by atoms with Gasteiger partial charge in [0, 0.05) is 42.8 Å². The molecular formula is C19H23N3OS. The molecule has 1 aliphatic carbocycles. The van der Waals surface area contributed by atoms with Gasteiger partial charge < -0.3 is 15.1 Å². The monoisotopic (exact) mass is 341 g/mol. The van der Waals surface area contributed by atoms with Crippen molar-refractivity contribution in [3.8, 4) is 10.4 Å². The Bertz CT molecular complexity index is 712. The summed E-state index contributed by atoms with van der Waals surface area (Å²) >= 11 is 1.57. The van der Waals surface area contributed by atoms with E-state index < -0.39 is 0 Å². The summed E-state index contributed by atoms with van der Waals surface area (Å²) in [6, 6.07) is 13.1. The normalized spacial score (nSPS) is 18.6. The van der Waals surface area contributed by atoms with Crippen LogP contribution in [-0.4, -0.2) is 50.1 Å². The average molecular weight is 341 g/mol. The van der Waals surface area contributed by atoms with Gasteiger partial charge in [0.2, 0.25) is 0 Å². The molecule has 4 rings (SSSR count). The summed E-state index contributed by atoms with van der Waals surface area (Å²) < 4.78 is 0. The van der Waals surface area contributed by atoms with Crippen molar-refractivity contribution in [2.75, 3.05) is 38.1 Å². The number of likely N-dealkylation sites (N-methyl/N-ethyl adjacent to an activating group) is 1. The Balaban J connectivity index is 1.44. The van der Waals surface area contributed by atoms with E-state index in [0.29, 0.717) is 6.04 Å². The van der Waals surface area contributed by atoms with Crippen molar-refractivity contribution in [1.29, 1.82) is 0 Å². The Labute approximate surface area is 147 Å². The maximum absolute atomic E-state index is 12.1. The Morgan fingerprint density at radius 3 is 2.42 bits per heavy atom. The first kappa shape index (κ1) is 15.7. The van der Waals surface area contributed by atoms with Crippen molar-refractivity contribution >= 4 is 22.9 Å². The number of piperazine rings is 1. The van der Waals surface area contributed by atoms with Gasteiger partial charge in [-0.05, 0) is 49.7 Å². The van der Waals surface area contributed by atoms with E-state index in [4.69, 9.17) is 0 Å². The van der Waals surface area contributed by atoms with Crippen LogP contribution in [0.3, 0.4) is 0 Å². The molecule has 1 saturated heterocycles. The molecule has 0 radical (unpaired) electrons. The summed E-state index contributed by atoms with van der Waals surface area (Å²) in [7, 11) is 2.17. The number of carbonyl (C=O) groups excluding carboxylic acids is 1. The van der Waals surface area contributed by atoms with Crippen molar-refractivity contribution in [3.63, 3.8) is 0 Å². The summed E-state index contributed by atoms with van der Waals surface area (Å²) in [6.45, 7) is 4.40. The lowest BCUT2D eigenvalue weighted by molar-refractivity contribution is 0.0955. The number of amides is 1. The molecule has 1 aromatic carbocycles. The van der Waals surface area contributed by atoms with E-state index in [1.807, 2.05) is 6.07 Å². The van der Waals surface area contributed by atoms with Gasteiger partial charge in [0.1, 0.15) is 0 Å². The van der Waals surface area contributed by atoms with Crippen molar-refractivity contribution in [1.82, 2.24) is 10.2 Å². The lowest BCUT2D eigenvalue weighted by Crippen LogP contribution is -2.44. The molecular weight excluding hydrogens is 318 g/mol. The number of rotatable bonds is 4. The van der Waals surface area contributed by atoms with Gasteiger partial charge in [-0.2, -0.15) is 0 Å². The van der Waals surface area contributed by atoms with Crippen molar-refractivity contribution in [3.05, 3.63) is 41.3 Å². The van der Waals surface area contributed by atoms with Crippen LogP contribution in [0.1, 0.15) is 22.5 Å². The minimum atomic E-state index is 0.0720. The van der Waals surface area contributed by atoms with Gasteiger partial charge in [0.05, 0.1) is 4.88 Å². The molecule has 2 aromatic rings. The van der Waals surface area contributed by atoms with Crippen molar-refractivity contribution < 1.29 is 4.79 Å². The third kappa shape index (κ3) is 3.47. The number of carbonyl (C=O) groups is 1.